The zero-order valence-corrected chi connectivity index (χ0v) is 11.9. The van der Waals surface area contributed by atoms with Gasteiger partial charge in [0.05, 0.1) is 11.1 Å². The largest absolute Gasteiger partial charge is 0.385 e. The monoisotopic (exact) mass is 255 g/mol. The molecule has 0 bridgehead atoms. The minimum absolute atomic E-state index is 0.206. The van der Waals surface area contributed by atoms with Crippen LogP contribution in [0.5, 0.6) is 0 Å². The fourth-order valence-electron chi connectivity index (χ4n) is 3.71. The van der Waals surface area contributed by atoms with Gasteiger partial charge in [0.1, 0.15) is 0 Å². The van der Waals surface area contributed by atoms with E-state index >= 15 is 0 Å². The summed E-state index contributed by atoms with van der Waals surface area (Å²) in [5, 5.41) is 12.2. The lowest BCUT2D eigenvalue weighted by atomic mass is 9.83. The number of aliphatic hydroxyl groups is 1. The van der Waals surface area contributed by atoms with Crippen molar-refractivity contribution in [2.24, 2.45) is 11.3 Å². The van der Waals surface area contributed by atoms with Crippen molar-refractivity contribution >= 4 is 10.9 Å². The minimum atomic E-state index is -0.701. The molecule has 3 rings (SSSR count). The molecule has 0 radical (unpaired) electrons. The van der Waals surface area contributed by atoms with E-state index in [1.807, 2.05) is 18.2 Å². The topological polar surface area (TPSA) is 33.1 Å². The Kier molecular flexibility index (Phi) is 2.68. The number of pyridine rings is 1. The first-order valence-corrected chi connectivity index (χ1v) is 6.98. The van der Waals surface area contributed by atoms with E-state index in [-0.39, 0.29) is 11.3 Å². The second kappa shape index (κ2) is 4.04. The summed E-state index contributed by atoms with van der Waals surface area (Å²) in [6, 6.07) is 10.1. The van der Waals surface area contributed by atoms with Gasteiger partial charge in [0.15, 0.2) is 0 Å². The highest BCUT2D eigenvalue weighted by atomic mass is 16.3. The summed E-state index contributed by atoms with van der Waals surface area (Å²) in [4.78, 5) is 4.34. The highest BCUT2D eigenvalue weighted by Crippen LogP contribution is 2.52. The molecule has 0 saturated heterocycles. The molecular formula is C17H21NO. The molecule has 1 aliphatic carbocycles. The highest BCUT2D eigenvalue weighted by molar-refractivity contribution is 5.79. The zero-order chi connectivity index (χ0) is 13.7. The number of hydrogen-bond donors (Lipinski definition) is 1. The molecule has 1 heterocycles. The van der Waals surface area contributed by atoms with Gasteiger partial charge in [-0.2, -0.15) is 0 Å². The van der Waals surface area contributed by atoms with Gasteiger partial charge in [0, 0.05) is 11.6 Å². The standard InChI is InChI=1S/C17H21NO/c1-12-10-16(2,3)11-17(12,19)14-6-7-15-13(9-14)5-4-8-18-15/h4-9,12,19H,10-11H2,1-3H3. The number of fused-ring (bicyclic) bond motifs is 1. The first-order valence-electron chi connectivity index (χ1n) is 6.98. The second-order valence-corrected chi connectivity index (χ2v) is 6.78. The van der Waals surface area contributed by atoms with Gasteiger partial charge in [-0.25, -0.2) is 0 Å². The van der Waals surface area contributed by atoms with E-state index in [4.69, 9.17) is 0 Å². The molecule has 2 atom stereocenters. The molecule has 2 nitrogen and oxygen atoms in total. The lowest BCUT2D eigenvalue weighted by Gasteiger charge is -2.29. The van der Waals surface area contributed by atoms with Gasteiger partial charge in [-0.1, -0.05) is 32.9 Å². The lowest BCUT2D eigenvalue weighted by molar-refractivity contribution is -0.000721. The van der Waals surface area contributed by atoms with Gasteiger partial charge >= 0.3 is 0 Å². The number of rotatable bonds is 1. The average molecular weight is 255 g/mol. The van der Waals surface area contributed by atoms with E-state index in [1.165, 1.54) is 0 Å². The smallest absolute Gasteiger partial charge is 0.0927 e. The molecule has 0 amide bonds. The van der Waals surface area contributed by atoms with E-state index in [2.05, 4.69) is 37.9 Å². The quantitative estimate of drug-likeness (QED) is 0.839. The second-order valence-electron chi connectivity index (χ2n) is 6.78. The SMILES string of the molecule is CC1CC(C)(C)CC1(O)c1ccc2ncccc2c1. The van der Waals surface area contributed by atoms with Crippen LogP contribution in [-0.4, -0.2) is 10.1 Å². The van der Waals surface area contributed by atoms with E-state index in [9.17, 15) is 5.11 Å². The van der Waals surface area contributed by atoms with Crippen LogP contribution in [-0.2, 0) is 5.60 Å². The van der Waals surface area contributed by atoms with Gasteiger partial charge < -0.3 is 5.11 Å². The van der Waals surface area contributed by atoms with Crippen molar-refractivity contribution < 1.29 is 5.11 Å². The molecule has 1 aromatic carbocycles. The summed E-state index contributed by atoms with van der Waals surface area (Å²) in [7, 11) is 0. The predicted octanol–water partition coefficient (Wildman–Crippen LogP) is 3.88. The maximum Gasteiger partial charge on any atom is 0.0927 e. The summed E-state index contributed by atoms with van der Waals surface area (Å²) in [5.41, 5.74) is 1.52. The molecule has 1 aromatic heterocycles. The van der Waals surface area contributed by atoms with Crippen molar-refractivity contribution in [3.05, 3.63) is 42.1 Å². The van der Waals surface area contributed by atoms with Gasteiger partial charge in [-0.15, -0.1) is 0 Å². The Morgan fingerprint density at radius 2 is 2.05 bits per heavy atom. The normalized spacial score (nSPS) is 29.8. The van der Waals surface area contributed by atoms with Crippen molar-refractivity contribution in [2.75, 3.05) is 0 Å². The molecule has 0 spiro atoms. The molecule has 1 N–H and O–H groups in total. The van der Waals surface area contributed by atoms with Crippen LogP contribution in [0.15, 0.2) is 36.5 Å². The van der Waals surface area contributed by atoms with Crippen LogP contribution in [0.2, 0.25) is 0 Å². The van der Waals surface area contributed by atoms with E-state index < -0.39 is 5.60 Å². The summed E-state index contributed by atoms with van der Waals surface area (Å²) < 4.78 is 0. The molecule has 1 saturated carbocycles. The maximum atomic E-state index is 11.1. The molecule has 2 aromatic rings. The minimum Gasteiger partial charge on any atom is -0.385 e. The molecule has 1 aliphatic rings. The fourth-order valence-corrected chi connectivity index (χ4v) is 3.71. The van der Waals surface area contributed by atoms with Crippen molar-refractivity contribution in [2.45, 2.75) is 39.2 Å². The zero-order valence-electron chi connectivity index (χ0n) is 11.9. The Morgan fingerprint density at radius 1 is 1.26 bits per heavy atom. The van der Waals surface area contributed by atoms with Crippen molar-refractivity contribution in [3.63, 3.8) is 0 Å². The molecule has 2 heteroatoms. The van der Waals surface area contributed by atoms with Crippen LogP contribution in [0.3, 0.4) is 0 Å². The summed E-state index contributed by atoms with van der Waals surface area (Å²) in [6.07, 6.45) is 3.69. The van der Waals surface area contributed by atoms with E-state index in [1.54, 1.807) is 6.20 Å². The van der Waals surface area contributed by atoms with E-state index in [0.717, 1.165) is 29.3 Å². The maximum absolute atomic E-state index is 11.1. The van der Waals surface area contributed by atoms with Gasteiger partial charge in [-0.3, -0.25) is 4.98 Å². The van der Waals surface area contributed by atoms with Gasteiger partial charge in [0.25, 0.3) is 0 Å². The van der Waals surface area contributed by atoms with Gasteiger partial charge in [-0.05, 0) is 47.9 Å². The average Bonchev–Trinajstić information content (AvgIpc) is 2.58. The Balaban J connectivity index is 2.09. The molecule has 2 unspecified atom stereocenters. The van der Waals surface area contributed by atoms with Crippen LogP contribution in [0.1, 0.15) is 39.2 Å². The van der Waals surface area contributed by atoms with Crippen molar-refractivity contribution in [3.8, 4) is 0 Å². The van der Waals surface area contributed by atoms with Crippen LogP contribution in [0.25, 0.3) is 10.9 Å². The molecule has 1 fully saturated rings. The van der Waals surface area contributed by atoms with Crippen LogP contribution in [0, 0.1) is 11.3 Å². The number of benzene rings is 1. The van der Waals surface area contributed by atoms with Crippen molar-refractivity contribution in [1.29, 1.82) is 0 Å². The first-order chi connectivity index (χ1) is 8.91. The highest BCUT2D eigenvalue weighted by Gasteiger charge is 2.48. The number of hydrogen-bond acceptors (Lipinski definition) is 2. The third-order valence-corrected chi connectivity index (χ3v) is 4.52. The van der Waals surface area contributed by atoms with Gasteiger partial charge in [0.2, 0.25) is 0 Å². The number of nitrogens with zero attached hydrogens (tertiary/aromatic N) is 1. The van der Waals surface area contributed by atoms with Crippen LogP contribution < -0.4 is 0 Å². The Bertz CT molecular complexity index is 619. The fraction of sp³-hybridized carbons (Fsp3) is 0.471. The third-order valence-electron chi connectivity index (χ3n) is 4.52. The van der Waals surface area contributed by atoms with Crippen LogP contribution in [0.4, 0.5) is 0 Å². The first kappa shape index (κ1) is 12.6. The Hall–Kier alpha value is -1.41. The molecule has 0 aliphatic heterocycles. The summed E-state index contributed by atoms with van der Waals surface area (Å²) in [6.45, 7) is 6.64. The van der Waals surface area contributed by atoms with E-state index in [0.29, 0.717) is 0 Å². The molecular weight excluding hydrogens is 234 g/mol. The summed E-state index contributed by atoms with van der Waals surface area (Å²) >= 11 is 0. The Morgan fingerprint density at radius 3 is 2.74 bits per heavy atom. The number of aromatic nitrogens is 1. The Labute approximate surface area is 114 Å². The molecule has 19 heavy (non-hydrogen) atoms. The lowest BCUT2D eigenvalue weighted by Crippen LogP contribution is -2.29. The summed E-state index contributed by atoms with van der Waals surface area (Å²) in [5.74, 6) is 0.289. The van der Waals surface area contributed by atoms with Crippen LogP contribution >= 0.6 is 0 Å². The molecule has 100 valence electrons. The predicted molar refractivity (Wildman–Crippen MR) is 77.8 cm³/mol. The van der Waals surface area contributed by atoms with Crippen molar-refractivity contribution in [1.82, 2.24) is 4.98 Å². The third kappa shape index (κ3) is 2.04.